The predicted molar refractivity (Wildman–Crippen MR) is 69.6 cm³/mol. The van der Waals surface area contributed by atoms with E-state index < -0.39 is 0 Å². The summed E-state index contributed by atoms with van der Waals surface area (Å²) in [5.41, 5.74) is 2.51. The molecule has 1 aromatic rings. The molecule has 1 nitrogen and oxygen atoms in total. The minimum absolute atomic E-state index is 0.310. The summed E-state index contributed by atoms with van der Waals surface area (Å²) >= 11 is 6.38. The highest BCUT2D eigenvalue weighted by atomic mass is 35.5. The van der Waals surface area contributed by atoms with Gasteiger partial charge in [0.1, 0.15) is 10.5 Å². The molecule has 0 aromatic heterocycles. The molecule has 0 aliphatic rings. The van der Waals surface area contributed by atoms with Crippen molar-refractivity contribution in [2.75, 3.05) is 6.61 Å². The average molecular weight is 243 g/mol. The van der Waals surface area contributed by atoms with Crippen molar-refractivity contribution in [2.45, 2.75) is 31.6 Å². The van der Waals surface area contributed by atoms with Gasteiger partial charge in [0.15, 0.2) is 0 Å². The van der Waals surface area contributed by atoms with Gasteiger partial charge in [-0.25, -0.2) is 0 Å². The smallest absolute Gasteiger partial charge is 0.145 e. The van der Waals surface area contributed by atoms with Gasteiger partial charge in [-0.1, -0.05) is 31.2 Å². The van der Waals surface area contributed by atoms with Crippen molar-refractivity contribution in [3.05, 3.63) is 35.4 Å². The van der Waals surface area contributed by atoms with Crippen LogP contribution in [0.25, 0.3) is 0 Å². The lowest BCUT2D eigenvalue weighted by atomic mass is 9.90. The van der Waals surface area contributed by atoms with Crippen LogP contribution in [-0.2, 0) is 9.30 Å². The maximum atomic E-state index is 6.38. The van der Waals surface area contributed by atoms with E-state index in [4.69, 9.17) is 16.0 Å². The second kappa shape index (κ2) is 5.15. The van der Waals surface area contributed by atoms with E-state index in [0.717, 1.165) is 17.1 Å². The van der Waals surface area contributed by atoms with Crippen molar-refractivity contribution in [3.8, 4) is 0 Å². The minimum atomic E-state index is -0.310. The number of benzene rings is 1. The van der Waals surface area contributed by atoms with E-state index in [1.807, 2.05) is 19.9 Å². The highest BCUT2D eigenvalue weighted by molar-refractivity contribution is 6.23. The summed E-state index contributed by atoms with van der Waals surface area (Å²) in [5, 5.41) is 0. The van der Waals surface area contributed by atoms with Crippen LogP contribution in [0.15, 0.2) is 24.3 Å². The molecule has 0 saturated heterocycles. The fourth-order valence-electron chi connectivity index (χ4n) is 1.81. The Morgan fingerprint density at radius 3 is 2.53 bits per heavy atom. The monoisotopic (exact) mass is 242 g/mol. The van der Waals surface area contributed by atoms with E-state index in [-0.39, 0.29) is 4.87 Å². The van der Waals surface area contributed by atoms with E-state index in [1.54, 1.807) is 0 Å². The van der Waals surface area contributed by atoms with Crippen LogP contribution in [0.2, 0.25) is 0 Å². The lowest BCUT2D eigenvalue weighted by Gasteiger charge is -2.23. The van der Waals surface area contributed by atoms with Gasteiger partial charge in [-0.2, -0.15) is 0 Å². The van der Waals surface area contributed by atoms with Crippen LogP contribution < -0.4 is 0 Å². The number of alkyl halides is 1. The molecule has 0 N–H and O–H groups in total. The summed E-state index contributed by atoms with van der Waals surface area (Å²) < 4.78 is 5.32. The molecule has 0 amide bonds. The molecule has 0 aliphatic heterocycles. The van der Waals surface area contributed by atoms with Crippen LogP contribution >= 0.6 is 11.6 Å². The van der Waals surface area contributed by atoms with Crippen LogP contribution in [0.1, 0.15) is 37.8 Å². The van der Waals surface area contributed by atoms with Crippen molar-refractivity contribution >= 4 is 22.1 Å². The Balaban J connectivity index is 3.06. The first kappa shape index (κ1) is 12.8. The Hall–Kier alpha value is -0.313. The average Bonchev–Trinajstić information content (AvgIpc) is 2.17. The highest BCUT2D eigenvalue weighted by Gasteiger charge is 2.22. The van der Waals surface area contributed by atoms with Gasteiger partial charge in [-0.15, -0.1) is 11.6 Å². The first-order valence-electron chi connectivity index (χ1n) is 5.24. The molecule has 3 heteroatoms. The second-order valence-electron chi connectivity index (χ2n) is 4.42. The van der Waals surface area contributed by atoms with Gasteiger partial charge in [-0.05, 0) is 25.0 Å². The topological polar surface area (TPSA) is 9.23 Å². The Morgan fingerprint density at radius 1 is 1.40 bits per heavy atom. The third-order valence-electron chi connectivity index (χ3n) is 2.55. The molecular weight excluding hydrogens is 224 g/mol. The van der Waals surface area contributed by atoms with E-state index in [9.17, 15) is 0 Å². The molecule has 0 spiro atoms. The zero-order valence-corrected chi connectivity index (χ0v) is 12.6. The van der Waals surface area contributed by atoms with E-state index in [2.05, 4.69) is 25.1 Å². The lowest BCUT2D eigenvalue weighted by molar-refractivity contribution is 0.322. The van der Waals surface area contributed by atoms with Crippen LogP contribution in [0.4, 0.5) is 0 Å². The normalized spacial score (nSPS) is 14.1. The first-order chi connectivity index (χ1) is 6.96. The van der Waals surface area contributed by atoms with E-state index in [1.165, 1.54) is 11.1 Å². The van der Waals surface area contributed by atoms with Gasteiger partial charge in [-0.3, -0.25) is 0 Å². The molecule has 0 heterocycles. The molecule has 0 bridgehead atoms. The summed E-state index contributed by atoms with van der Waals surface area (Å²) in [6, 6.07) is 8.35. The Bertz CT molecular complexity index is 320. The van der Waals surface area contributed by atoms with Gasteiger partial charge < -0.3 is 4.43 Å². The number of hydrogen-bond acceptors (Lipinski definition) is 1. The molecule has 15 heavy (non-hydrogen) atoms. The van der Waals surface area contributed by atoms with Crippen molar-refractivity contribution in [2.24, 2.45) is 0 Å². The van der Waals surface area contributed by atoms with Crippen molar-refractivity contribution in [3.63, 3.8) is 0 Å². The van der Waals surface area contributed by atoms with E-state index in [0.29, 0.717) is 5.92 Å². The Labute approximate surface area is 100 Å². The number of halogens is 1. The van der Waals surface area contributed by atoms with Crippen molar-refractivity contribution in [1.29, 1.82) is 0 Å². The molecule has 0 aliphatic carbocycles. The van der Waals surface area contributed by atoms with E-state index >= 15 is 0 Å². The van der Waals surface area contributed by atoms with Crippen molar-refractivity contribution in [1.82, 2.24) is 0 Å². The summed E-state index contributed by atoms with van der Waals surface area (Å²) in [6.45, 7) is 7.03. The van der Waals surface area contributed by atoms with Gasteiger partial charge in [0.25, 0.3) is 0 Å². The van der Waals surface area contributed by atoms with Crippen molar-refractivity contribution < 1.29 is 4.43 Å². The number of rotatable bonds is 4. The molecule has 1 aromatic carbocycles. The molecule has 1 rings (SSSR count). The van der Waals surface area contributed by atoms with Crippen LogP contribution in [0, 0.1) is 0 Å². The quantitative estimate of drug-likeness (QED) is 0.583. The first-order valence-corrected chi connectivity index (χ1v) is 6.43. The fourth-order valence-corrected chi connectivity index (χ4v) is 2.48. The summed E-state index contributed by atoms with van der Waals surface area (Å²) in [4.78, 5) is -0.310. The second-order valence-corrected chi connectivity index (χ2v) is 5.94. The van der Waals surface area contributed by atoms with Crippen LogP contribution in [-0.4, -0.2) is 17.1 Å². The van der Waals surface area contributed by atoms with Crippen LogP contribution in [0.3, 0.4) is 0 Å². The third kappa shape index (κ3) is 3.33. The van der Waals surface area contributed by atoms with Gasteiger partial charge in [0.2, 0.25) is 0 Å². The number of hydrogen-bond donors (Lipinski definition) is 0. The SMILES string of the molecule is CC(CO[SiH3])c1ccccc1C(C)(C)Cl. The summed E-state index contributed by atoms with van der Waals surface area (Å²) in [5.74, 6) is 0.414. The predicted octanol–water partition coefficient (Wildman–Crippen LogP) is 2.56. The highest BCUT2D eigenvalue weighted by Crippen LogP contribution is 2.33. The standard InChI is InChI=1S/C12H19ClOSi/c1-9(8-14-15)10-6-4-5-7-11(10)12(2,3)13/h4-7,9H,8H2,1-3,15H3. The summed E-state index contributed by atoms with van der Waals surface area (Å²) in [6.07, 6.45) is 0. The van der Waals surface area contributed by atoms with Gasteiger partial charge >= 0.3 is 0 Å². The molecule has 0 fully saturated rings. The van der Waals surface area contributed by atoms with Gasteiger partial charge in [0.05, 0.1) is 4.87 Å². The maximum Gasteiger partial charge on any atom is 0.145 e. The van der Waals surface area contributed by atoms with Crippen LogP contribution in [0.5, 0.6) is 0 Å². The largest absolute Gasteiger partial charge is 0.427 e. The Morgan fingerprint density at radius 2 is 2.00 bits per heavy atom. The minimum Gasteiger partial charge on any atom is -0.427 e. The molecule has 0 saturated carbocycles. The Kier molecular flexibility index (Phi) is 4.38. The molecule has 1 atom stereocenters. The molecule has 0 radical (unpaired) electrons. The molecule has 84 valence electrons. The van der Waals surface area contributed by atoms with Gasteiger partial charge in [0, 0.05) is 12.5 Å². The zero-order chi connectivity index (χ0) is 11.5. The molecular formula is C12H19ClOSi. The molecule has 1 unspecified atom stereocenters. The fraction of sp³-hybridized carbons (Fsp3) is 0.500. The lowest BCUT2D eigenvalue weighted by Crippen LogP contribution is -2.14. The zero-order valence-electron chi connectivity index (χ0n) is 9.88. The summed E-state index contributed by atoms with van der Waals surface area (Å²) in [7, 11) is 0.792. The third-order valence-corrected chi connectivity index (χ3v) is 3.09. The maximum absolute atomic E-state index is 6.38.